The van der Waals surface area contributed by atoms with Crippen LogP contribution in [0.15, 0.2) is 12.1 Å². The number of nitrogens with one attached hydrogen (secondary N) is 1. The molecule has 1 aliphatic carbocycles. The van der Waals surface area contributed by atoms with E-state index in [4.69, 9.17) is 4.74 Å². The van der Waals surface area contributed by atoms with E-state index in [1.54, 1.807) is 11.3 Å². The molecule has 0 bridgehead atoms. The summed E-state index contributed by atoms with van der Waals surface area (Å²) in [6.45, 7) is 4.58. The Balaban J connectivity index is 1.36. The number of hydrogen-bond acceptors (Lipinski definition) is 5. The van der Waals surface area contributed by atoms with Crippen molar-refractivity contribution in [1.82, 2.24) is 10.2 Å². The number of likely N-dealkylation sites (tertiary alicyclic amines) is 1. The van der Waals surface area contributed by atoms with Crippen molar-refractivity contribution in [3.8, 4) is 0 Å². The topological polar surface area (TPSA) is 41.6 Å². The van der Waals surface area contributed by atoms with E-state index in [0.717, 1.165) is 29.9 Å². The fraction of sp³-hybridized carbons (Fsp3) is 0.688. The molecule has 1 saturated heterocycles. The average molecular weight is 308 g/mol. The number of nitrogens with zero attached hydrogens (tertiary/aromatic N) is 1. The Labute approximate surface area is 130 Å². The third-order valence-electron chi connectivity index (χ3n) is 4.38. The predicted octanol–water partition coefficient (Wildman–Crippen LogP) is 2.04. The average Bonchev–Trinajstić information content (AvgIpc) is 3.07. The van der Waals surface area contributed by atoms with E-state index in [2.05, 4.69) is 16.3 Å². The Hall–Kier alpha value is -0.910. The molecule has 1 saturated carbocycles. The Morgan fingerprint density at radius 3 is 2.95 bits per heavy atom. The smallest absolute Gasteiger partial charge is 0.310 e. The Morgan fingerprint density at radius 2 is 2.19 bits per heavy atom. The van der Waals surface area contributed by atoms with Crippen LogP contribution in [0, 0.1) is 5.92 Å². The summed E-state index contributed by atoms with van der Waals surface area (Å²) in [5.74, 6) is 0.641. The number of ether oxygens (including phenoxy) is 1. The van der Waals surface area contributed by atoms with E-state index in [1.165, 1.54) is 44.3 Å². The van der Waals surface area contributed by atoms with E-state index < -0.39 is 0 Å². The highest BCUT2D eigenvalue weighted by Crippen LogP contribution is 2.31. The number of carbonyl (C=O) groups excluding carboxylic acids is 1. The van der Waals surface area contributed by atoms with Gasteiger partial charge in [-0.2, -0.15) is 0 Å². The summed E-state index contributed by atoms with van der Waals surface area (Å²) in [5, 5.41) is 3.57. The first kappa shape index (κ1) is 15.0. The number of rotatable bonds is 7. The molecule has 4 nitrogen and oxygen atoms in total. The largest absolute Gasteiger partial charge is 0.469 e. The number of hydrogen-bond donors (Lipinski definition) is 1. The van der Waals surface area contributed by atoms with E-state index in [9.17, 15) is 4.79 Å². The van der Waals surface area contributed by atoms with Crippen LogP contribution in [0.3, 0.4) is 0 Å². The molecule has 0 amide bonds. The minimum atomic E-state index is -0.164. The Morgan fingerprint density at radius 1 is 1.38 bits per heavy atom. The maximum atomic E-state index is 11.2. The number of thiophene rings is 1. The lowest BCUT2D eigenvalue weighted by Crippen LogP contribution is -2.27. The van der Waals surface area contributed by atoms with Gasteiger partial charge in [0.05, 0.1) is 13.5 Å². The van der Waals surface area contributed by atoms with Gasteiger partial charge in [0.1, 0.15) is 0 Å². The van der Waals surface area contributed by atoms with Crippen molar-refractivity contribution in [2.24, 2.45) is 5.92 Å². The van der Waals surface area contributed by atoms with Gasteiger partial charge in [0.25, 0.3) is 0 Å². The molecule has 3 rings (SSSR count). The zero-order chi connectivity index (χ0) is 14.7. The highest BCUT2D eigenvalue weighted by molar-refractivity contribution is 7.12. The summed E-state index contributed by atoms with van der Waals surface area (Å²) in [7, 11) is 1.44. The lowest BCUT2D eigenvalue weighted by atomic mass is 10.1. The van der Waals surface area contributed by atoms with Crippen LogP contribution in [-0.2, 0) is 22.5 Å². The van der Waals surface area contributed by atoms with Gasteiger partial charge in [-0.25, -0.2) is 0 Å². The van der Waals surface area contributed by atoms with Gasteiger partial charge in [0, 0.05) is 28.9 Å². The van der Waals surface area contributed by atoms with E-state index in [1.807, 2.05) is 6.07 Å². The summed E-state index contributed by atoms with van der Waals surface area (Å²) in [5.41, 5.74) is 0. The minimum Gasteiger partial charge on any atom is -0.469 e. The van der Waals surface area contributed by atoms with Gasteiger partial charge in [-0.3, -0.25) is 4.79 Å². The quantitative estimate of drug-likeness (QED) is 0.783. The molecule has 2 fully saturated rings. The van der Waals surface area contributed by atoms with Crippen LogP contribution in [0.5, 0.6) is 0 Å². The maximum absolute atomic E-state index is 11.2. The Kier molecular flexibility index (Phi) is 4.93. The zero-order valence-electron chi connectivity index (χ0n) is 12.6. The van der Waals surface area contributed by atoms with Crippen LogP contribution in [0.1, 0.15) is 29.0 Å². The van der Waals surface area contributed by atoms with Gasteiger partial charge >= 0.3 is 5.97 Å². The lowest BCUT2D eigenvalue weighted by Gasteiger charge is -2.14. The SMILES string of the molecule is COC(=O)Cc1ccc(CNCC2CCN(C3CC3)C2)s1. The van der Waals surface area contributed by atoms with Gasteiger partial charge < -0.3 is 15.0 Å². The van der Waals surface area contributed by atoms with Gasteiger partial charge in [0.15, 0.2) is 0 Å². The third kappa shape index (κ3) is 4.28. The summed E-state index contributed by atoms with van der Waals surface area (Å²) in [6, 6.07) is 5.05. The molecule has 1 N–H and O–H groups in total. The van der Waals surface area contributed by atoms with Gasteiger partial charge in [0.2, 0.25) is 0 Å². The van der Waals surface area contributed by atoms with Crippen molar-refractivity contribution < 1.29 is 9.53 Å². The van der Waals surface area contributed by atoms with Crippen molar-refractivity contribution in [1.29, 1.82) is 0 Å². The van der Waals surface area contributed by atoms with Crippen molar-refractivity contribution in [2.45, 2.75) is 38.3 Å². The first-order valence-electron chi connectivity index (χ1n) is 7.84. The molecule has 1 atom stereocenters. The van der Waals surface area contributed by atoms with Crippen LogP contribution in [0.4, 0.5) is 0 Å². The van der Waals surface area contributed by atoms with Crippen LogP contribution >= 0.6 is 11.3 Å². The molecule has 1 aromatic rings. The van der Waals surface area contributed by atoms with Crippen LogP contribution in [-0.4, -0.2) is 43.7 Å². The molecule has 0 aromatic carbocycles. The first-order valence-corrected chi connectivity index (χ1v) is 8.65. The molecule has 1 aromatic heterocycles. The van der Waals surface area contributed by atoms with E-state index >= 15 is 0 Å². The second-order valence-corrected chi connectivity index (χ2v) is 7.39. The van der Waals surface area contributed by atoms with Crippen LogP contribution in [0.2, 0.25) is 0 Å². The second kappa shape index (κ2) is 6.90. The van der Waals surface area contributed by atoms with Crippen molar-refractivity contribution >= 4 is 17.3 Å². The van der Waals surface area contributed by atoms with Crippen molar-refractivity contribution in [3.63, 3.8) is 0 Å². The number of methoxy groups -OCH3 is 1. The summed E-state index contributed by atoms with van der Waals surface area (Å²) in [4.78, 5) is 16.3. The molecule has 2 heterocycles. The fourth-order valence-corrected chi connectivity index (χ4v) is 4.00. The summed E-state index contributed by atoms with van der Waals surface area (Å²) in [6.07, 6.45) is 4.55. The fourth-order valence-electron chi connectivity index (χ4n) is 3.03. The predicted molar refractivity (Wildman–Crippen MR) is 84.4 cm³/mol. The number of carbonyl (C=O) groups is 1. The molecule has 2 aliphatic rings. The number of esters is 1. The van der Waals surface area contributed by atoms with Gasteiger partial charge in [-0.15, -0.1) is 11.3 Å². The standard InChI is InChI=1S/C16H24N2O2S/c1-20-16(19)8-14-4-5-15(21-14)10-17-9-12-6-7-18(11-12)13-2-3-13/h4-5,12-13,17H,2-3,6-11H2,1H3. The molecule has 116 valence electrons. The Bertz CT molecular complexity index is 484. The second-order valence-electron chi connectivity index (χ2n) is 6.13. The summed E-state index contributed by atoms with van der Waals surface area (Å²) < 4.78 is 4.69. The van der Waals surface area contributed by atoms with Crippen molar-refractivity contribution in [3.05, 3.63) is 21.9 Å². The molecule has 21 heavy (non-hydrogen) atoms. The monoisotopic (exact) mass is 308 g/mol. The van der Waals surface area contributed by atoms with Gasteiger partial charge in [-0.05, 0) is 50.4 Å². The first-order chi connectivity index (χ1) is 10.2. The molecule has 1 aliphatic heterocycles. The highest BCUT2D eigenvalue weighted by atomic mass is 32.1. The third-order valence-corrected chi connectivity index (χ3v) is 5.46. The molecular weight excluding hydrogens is 284 g/mol. The van der Waals surface area contributed by atoms with Gasteiger partial charge in [-0.1, -0.05) is 0 Å². The summed E-state index contributed by atoms with van der Waals surface area (Å²) >= 11 is 1.70. The lowest BCUT2D eigenvalue weighted by molar-refractivity contribution is -0.139. The minimum absolute atomic E-state index is 0.164. The van der Waals surface area contributed by atoms with Crippen LogP contribution < -0.4 is 5.32 Å². The normalized spacial score (nSPS) is 22.6. The molecule has 0 spiro atoms. The molecule has 5 heteroatoms. The zero-order valence-corrected chi connectivity index (χ0v) is 13.5. The van der Waals surface area contributed by atoms with E-state index in [0.29, 0.717) is 6.42 Å². The highest BCUT2D eigenvalue weighted by Gasteiger charge is 2.33. The maximum Gasteiger partial charge on any atom is 0.310 e. The van der Waals surface area contributed by atoms with E-state index in [-0.39, 0.29) is 5.97 Å². The molecule has 1 unspecified atom stereocenters. The van der Waals surface area contributed by atoms with Crippen molar-refractivity contribution in [2.75, 3.05) is 26.7 Å². The molecule has 0 radical (unpaired) electrons. The molecular formula is C16H24N2O2S. The van der Waals surface area contributed by atoms with Crippen LogP contribution in [0.25, 0.3) is 0 Å².